The lowest BCUT2D eigenvalue weighted by atomic mass is 10.1. The van der Waals surface area contributed by atoms with Gasteiger partial charge in [-0.05, 0) is 25.1 Å². The van der Waals surface area contributed by atoms with Crippen molar-refractivity contribution in [3.8, 4) is 17.0 Å². The molecule has 168 valence electrons. The van der Waals surface area contributed by atoms with Gasteiger partial charge in [0.25, 0.3) is 5.91 Å². The first kappa shape index (κ1) is 23.3. The van der Waals surface area contributed by atoms with Gasteiger partial charge in [-0.1, -0.05) is 6.07 Å². The molecule has 1 fully saturated rings. The number of nitrogen functional groups attached to an aromatic ring is 1. The minimum Gasteiger partial charge on any atom is -0.487 e. The molecule has 0 spiro atoms. The van der Waals surface area contributed by atoms with Crippen molar-refractivity contribution in [3.63, 3.8) is 0 Å². The monoisotopic (exact) mass is 465 g/mol. The summed E-state index contributed by atoms with van der Waals surface area (Å²) in [5, 5.41) is 5.74. The normalized spacial score (nSPS) is 15.2. The Hall–Kier alpha value is -3.37. The van der Waals surface area contributed by atoms with Crippen molar-refractivity contribution in [2.75, 3.05) is 24.1 Å². The lowest BCUT2D eigenvalue weighted by molar-refractivity contribution is 0.102. The Morgan fingerprint density at radius 2 is 1.94 bits per heavy atom. The van der Waals surface area contributed by atoms with Crippen LogP contribution in [0, 0.1) is 17.5 Å². The van der Waals surface area contributed by atoms with Crippen LogP contribution in [0.15, 0.2) is 42.7 Å². The molecule has 0 aliphatic carbocycles. The smallest absolute Gasteiger partial charge is 0.276 e. The molecule has 3 aromatic rings. The van der Waals surface area contributed by atoms with Crippen LogP contribution < -0.4 is 21.1 Å². The van der Waals surface area contributed by atoms with Gasteiger partial charge in [0.1, 0.15) is 34.9 Å². The summed E-state index contributed by atoms with van der Waals surface area (Å²) in [5.41, 5.74) is 3.99. The van der Waals surface area contributed by atoms with Gasteiger partial charge in [-0.25, -0.2) is 18.2 Å². The maximum atomic E-state index is 14.4. The summed E-state index contributed by atoms with van der Waals surface area (Å²) < 4.78 is 48.6. The van der Waals surface area contributed by atoms with Gasteiger partial charge in [0, 0.05) is 24.9 Å². The van der Waals surface area contributed by atoms with Gasteiger partial charge in [-0.2, -0.15) is 0 Å². The van der Waals surface area contributed by atoms with E-state index in [1.54, 1.807) is 6.07 Å². The zero-order valence-electron chi connectivity index (χ0n) is 16.6. The van der Waals surface area contributed by atoms with E-state index in [4.69, 9.17) is 10.5 Å². The molecule has 7 nitrogen and oxygen atoms in total. The number of amides is 1. The second-order valence-electron chi connectivity index (χ2n) is 6.91. The molecule has 11 heteroatoms. The molecular weight excluding hydrogens is 447 g/mol. The first-order valence-electron chi connectivity index (χ1n) is 9.47. The molecule has 1 amide bonds. The molecule has 1 aromatic carbocycles. The van der Waals surface area contributed by atoms with Crippen molar-refractivity contribution in [1.82, 2.24) is 15.3 Å². The fourth-order valence-electron chi connectivity index (χ4n) is 3.25. The van der Waals surface area contributed by atoms with Crippen molar-refractivity contribution in [2.24, 2.45) is 0 Å². The number of aromatic nitrogens is 2. The predicted octanol–water partition coefficient (Wildman–Crippen LogP) is 3.56. The molecule has 1 saturated heterocycles. The zero-order chi connectivity index (χ0) is 22.0. The van der Waals surface area contributed by atoms with Crippen LogP contribution >= 0.6 is 12.4 Å². The number of nitrogens with two attached hydrogens (primary N) is 1. The van der Waals surface area contributed by atoms with Crippen LogP contribution in [0.1, 0.15) is 16.9 Å². The second-order valence-corrected chi connectivity index (χ2v) is 6.91. The molecule has 1 atom stereocenters. The van der Waals surface area contributed by atoms with E-state index in [9.17, 15) is 18.0 Å². The Kier molecular flexibility index (Phi) is 7.16. The van der Waals surface area contributed by atoms with Crippen LogP contribution in [-0.4, -0.2) is 35.1 Å². The number of ether oxygens (including phenoxy) is 1. The van der Waals surface area contributed by atoms with E-state index in [2.05, 4.69) is 20.6 Å². The van der Waals surface area contributed by atoms with Gasteiger partial charge >= 0.3 is 0 Å². The number of carbonyl (C=O) groups is 1. The second kappa shape index (κ2) is 9.84. The number of benzene rings is 1. The number of pyridine rings is 2. The number of anilines is 2. The third-order valence-electron chi connectivity index (χ3n) is 4.76. The Balaban J connectivity index is 0.00000289. The Morgan fingerprint density at radius 3 is 2.62 bits per heavy atom. The Bertz CT molecular complexity index is 1120. The average molecular weight is 466 g/mol. The number of rotatable bonds is 5. The number of hydrogen-bond donors (Lipinski definition) is 3. The van der Waals surface area contributed by atoms with E-state index < -0.39 is 40.3 Å². The van der Waals surface area contributed by atoms with Crippen LogP contribution in [-0.2, 0) is 0 Å². The summed E-state index contributed by atoms with van der Waals surface area (Å²) in [6.45, 7) is 1.49. The highest BCUT2D eigenvalue weighted by Gasteiger charge is 2.23. The summed E-state index contributed by atoms with van der Waals surface area (Å²) in [6, 6.07) is 5.46. The SMILES string of the molecule is Cl.Nc1cc(F)c(-c2c(F)cccc2F)nc1C(=O)Nc1cnccc1OC1CCNC1. The summed E-state index contributed by atoms with van der Waals surface area (Å²) >= 11 is 0. The fourth-order valence-corrected chi connectivity index (χ4v) is 3.25. The lowest BCUT2D eigenvalue weighted by Gasteiger charge is -2.16. The lowest BCUT2D eigenvalue weighted by Crippen LogP contribution is -2.22. The summed E-state index contributed by atoms with van der Waals surface area (Å²) in [7, 11) is 0. The highest BCUT2D eigenvalue weighted by molar-refractivity contribution is 6.07. The standard InChI is InChI=1S/C21H18F3N5O2.ClH/c22-12-2-1-3-13(23)18(12)19-14(24)8-15(25)20(29-19)21(30)28-16-10-27-7-5-17(16)31-11-4-6-26-9-11;/h1-3,5,7-8,10-11,26H,4,6,9,25H2,(H,28,30);1H. The molecule has 1 aliphatic rings. The van der Waals surface area contributed by atoms with Crippen molar-refractivity contribution in [3.05, 3.63) is 65.9 Å². The van der Waals surface area contributed by atoms with Crippen molar-refractivity contribution >= 4 is 29.7 Å². The highest BCUT2D eigenvalue weighted by atomic mass is 35.5. The number of nitrogens with zero attached hydrogens (tertiary/aromatic N) is 2. The van der Waals surface area contributed by atoms with Crippen molar-refractivity contribution < 1.29 is 22.7 Å². The molecule has 2 aromatic heterocycles. The zero-order valence-corrected chi connectivity index (χ0v) is 17.4. The maximum Gasteiger partial charge on any atom is 0.276 e. The third kappa shape index (κ3) is 4.76. The van der Waals surface area contributed by atoms with Gasteiger partial charge in [-0.3, -0.25) is 9.78 Å². The average Bonchev–Trinajstić information content (AvgIpc) is 3.24. The number of halogens is 4. The molecule has 4 N–H and O–H groups in total. The number of hydrogen-bond acceptors (Lipinski definition) is 6. The molecular formula is C21H19ClF3N5O2. The quantitative estimate of drug-likeness (QED) is 0.532. The van der Waals surface area contributed by atoms with Crippen molar-refractivity contribution in [2.45, 2.75) is 12.5 Å². The molecule has 0 saturated carbocycles. The third-order valence-corrected chi connectivity index (χ3v) is 4.76. The van der Waals surface area contributed by atoms with E-state index in [1.165, 1.54) is 12.4 Å². The van der Waals surface area contributed by atoms with Gasteiger partial charge in [-0.15, -0.1) is 12.4 Å². The number of nitrogens with one attached hydrogen (secondary N) is 2. The summed E-state index contributed by atoms with van der Waals surface area (Å²) in [5.74, 6) is -3.51. The first-order chi connectivity index (χ1) is 14.9. The minimum absolute atomic E-state index is 0. The van der Waals surface area contributed by atoms with Gasteiger partial charge < -0.3 is 21.1 Å². The maximum absolute atomic E-state index is 14.4. The molecule has 1 aliphatic heterocycles. The van der Waals surface area contributed by atoms with Gasteiger partial charge in [0.15, 0.2) is 11.5 Å². The van der Waals surface area contributed by atoms with E-state index in [-0.39, 0.29) is 29.9 Å². The van der Waals surface area contributed by atoms with Crippen LogP contribution in [0.3, 0.4) is 0 Å². The summed E-state index contributed by atoms with van der Waals surface area (Å²) in [4.78, 5) is 20.6. The molecule has 3 heterocycles. The largest absolute Gasteiger partial charge is 0.487 e. The minimum atomic E-state index is -1.06. The highest BCUT2D eigenvalue weighted by Crippen LogP contribution is 2.30. The van der Waals surface area contributed by atoms with Crippen LogP contribution in [0.4, 0.5) is 24.5 Å². The molecule has 4 rings (SSSR count). The number of carbonyl (C=O) groups excluding carboxylic acids is 1. The van der Waals surface area contributed by atoms with E-state index in [0.717, 1.165) is 37.2 Å². The van der Waals surface area contributed by atoms with Gasteiger partial charge in [0.05, 0.1) is 17.4 Å². The topological polar surface area (TPSA) is 102 Å². The first-order valence-corrected chi connectivity index (χ1v) is 9.47. The van der Waals surface area contributed by atoms with Crippen molar-refractivity contribution in [1.29, 1.82) is 0 Å². The van der Waals surface area contributed by atoms with E-state index in [1.807, 2.05) is 0 Å². The van der Waals surface area contributed by atoms with E-state index in [0.29, 0.717) is 12.3 Å². The summed E-state index contributed by atoms with van der Waals surface area (Å²) in [6.07, 6.45) is 3.63. The van der Waals surface area contributed by atoms with Gasteiger partial charge in [0.2, 0.25) is 0 Å². The molecule has 0 bridgehead atoms. The Labute approximate surface area is 187 Å². The van der Waals surface area contributed by atoms with Crippen LogP contribution in [0.5, 0.6) is 5.75 Å². The molecule has 0 radical (unpaired) electrons. The molecule has 1 unspecified atom stereocenters. The fraction of sp³-hybridized carbons (Fsp3) is 0.190. The van der Waals surface area contributed by atoms with Crippen LogP contribution in [0.2, 0.25) is 0 Å². The Morgan fingerprint density at radius 1 is 1.19 bits per heavy atom. The predicted molar refractivity (Wildman–Crippen MR) is 115 cm³/mol. The van der Waals surface area contributed by atoms with Crippen LogP contribution in [0.25, 0.3) is 11.3 Å². The molecule has 32 heavy (non-hydrogen) atoms. The van der Waals surface area contributed by atoms with E-state index >= 15 is 0 Å².